The average Bonchev–Trinajstić information content (AvgIpc) is 2.62. The molecule has 0 aromatic carbocycles. The molecule has 0 fully saturated rings. The summed E-state index contributed by atoms with van der Waals surface area (Å²) >= 11 is 0. The number of ether oxygens (including phenoxy) is 6. The van der Waals surface area contributed by atoms with Gasteiger partial charge in [0, 0.05) is 0 Å². The molecule has 0 bridgehead atoms. The third-order valence-corrected chi connectivity index (χ3v) is 8.99. The van der Waals surface area contributed by atoms with E-state index in [4.69, 9.17) is 32.8 Å². The van der Waals surface area contributed by atoms with Gasteiger partial charge in [0.1, 0.15) is 6.61 Å². The molecule has 0 aliphatic rings. The van der Waals surface area contributed by atoms with Crippen molar-refractivity contribution in [3.8, 4) is 0 Å². The highest BCUT2D eigenvalue weighted by Gasteiger charge is 2.36. The summed E-state index contributed by atoms with van der Waals surface area (Å²) in [5.41, 5.74) is 0. The van der Waals surface area contributed by atoms with Crippen LogP contribution in [0.2, 0.25) is 18.1 Å². The first-order valence-corrected chi connectivity index (χ1v) is 13.0. The Balaban J connectivity index is 3.19. The Kier molecular flexibility index (Phi) is 17.1. The Morgan fingerprint density at radius 2 is 0.929 bits per heavy atom. The Labute approximate surface area is 172 Å². The molecule has 0 unspecified atom stereocenters. The summed E-state index contributed by atoms with van der Waals surface area (Å²) in [6.45, 7) is 21.4. The fourth-order valence-electron chi connectivity index (χ4n) is 1.74. The van der Waals surface area contributed by atoms with Gasteiger partial charge < -0.3 is 32.8 Å². The molecular weight excluding hydrogens is 380 g/mol. The van der Waals surface area contributed by atoms with Crippen molar-refractivity contribution in [1.82, 2.24) is 0 Å². The van der Waals surface area contributed by atoms with E-state index in [-0.39, 0.29) is 5.04 Å². The maximum atomic E-state index is 6.05. The standard InChI is InChI=1S/C20H42O7Si/c1-7-21-8-9-22-10-11-23-12-13-24-14-15-25-16-17-26-18-19-27-28(5,6)20(2,3)4/h7H,1,8-19H2,2-6H3. The van der Waals surface area contributed by atoms with Crippen LogP contribution in [0.15, 0.2) is 12.8 Å². The summed E-state index contributed by atoms with van der Waals surface area (Å²) in [5, 5.41) is 0.232. The van der Waals surface area contributed by atoms with Crippen LogP contribution in [-0.2, 0) is 32.8 Å². The van der Waals surface area contributed by atoms with Crippen molar-refractivity contribution in [2.24, 2.45) is 0 Å². The molecule has 28 heavy (non-hydrogen) atoms. The lowest BCUT2D eigenvalue weighted by Gasteiger charge is -2.36. The van der Waals surface area contributed by atoms with Crippen molar-refractivity contribution < 1.29 is 32.8 Å². The molecule has 8 heteroatoms. The highest BCUT2D eigenvalue weighted by Crippen LogP contribution is 2.36. The summed E-state index contributed by atoms with van der Waals surface area (Å²) in [6, 6.07) is 0. The van der Waals surface area contributed by atoms with E-state index in [2.05, 4.69) is 40.4 Å². The first kappa shape index (κ1) is 27.5. The number of rotatable bonds is 20. The van der Waals surface area contributed by atoms with Crippen LogP contribution in [0.1, 0.15) is 20.8 Å². The zero-order chi connectivity index (χ0) is 21.1. The molecule has 0 N–H and O–H groups in total. The minimum Gasteiger partial charge on any atom is -0.499 e. The van der Waals surface area contributed by atoms with E-state index in [9.17, 15) is 0 Å². The Morgan fingerprint density at radius 3 is 1.25 bits per heavy atom. The van der Waals surface area contributed by atoms with Crippen LogP contribution >= 0.6 is 0 Å². The lowest BCUT2D eigenvalue weighted by molar-refractivity contribution is -0.0152. The van der Waals surface area contributed by atoms with Gasteiger partial charge in [-0.2, -0.15) is 0 Å². The monoisotopic (exact) mass is 422 g/mol. The van der Waals surface area contributed by atoms with Gasteiger partial charge in [0.05, 0.1) is 78.9 Å². The minimum absolute atomic E-state index is 0.232. The van der Waals surface area contributed by atoms with Crippen molar-refractivity contribution >= 4 is 8.32 Å². The fraction of sp³-hybridized carbons (Fsp3) is 0.900. The second-order valence-corrected chi connectivity index (χ2v) is 12.5. The molecule has 0 aliphatic heterocycles. The first-order chi connectivity index (χ1) is 13.3. The second kappa shape index (κ2) is 17.4. The van der Waals surface area contributed by atoms with Crippen LogP contribution in [-0.4, -0.2) is 87.6 Å². The van der Waals surface area contributed by atoms with Gasteiger partial charge in [0.15, 0.2) is 8.32 Å². The van der Waals surface area contributed by atoms with E-state index in [0.29, 0.717) is 79.3 Å². The molecule has 0 spiro atoms. The SMILES string of the molecule is C=COCCOCCOCCOCCOCCOCCO[Si](C)(C)C(C)(C)C. The fourth-order valence-corrected chi connectivity index (χ4v) is 2.77. The topological polar surface area (TPSA) is 64.6 Å². The van der Waals surface area contributed by atoms with Gasteiger partial charge in [0.2, 0.25) is 0 Å². The Morgan fingerprint density at radius 1 is 0.607 bits per heavy atom. The van der Waals surface area contributed by atoms with Crippen LogP contribution < -0.4 is 0 Å². The molecule has 7 nitrogen and oxygen atoms in total. The molecule has 0 amide bonds. The van der Waals surface area contributed by atoms with Gasteiger partial charge in [-0.15, -0.1) is 0 Å². The molecule has 0 saturated heterocycles. The smallest absolute Gasteiger partial charge is 0.192 e. The van der Waals surface area contributed by atoms with Gasteiger partial charge in [0.25, 0.3) is 0 Å². The van der Waals surface area contributed by atoms with E-state index in [1.54, 1.807) is 0 Å². The zero-order valence-electron chi connectivity index (χ0n) is 18.6. The van der Waals surface area contributed by atoms with Crippen LogP contribution in [0.25, 0.3) is 0 Å². The van der Waals surface area contributed by atoms with Crippen molar-refractivity contribution in [1.29, 1.82) is 0 Å². The molecule has 0 radical (unpaired) electrons. The molecule has 0 aliphatic carbocycles. The van der Waals surface area contributed by atoms with E-state index in [1.807, 2.05) is 0 Å². The predicted octanol–water partition coefficient (Wildman–Crippen LogP) is 3.25. The Bertz CT molecular complexity index is 359. The molecule has 0 atom stereocenters. The maximum absolute atomic E-state index is 6.05. The van der Waals surface area contributed by atoms with E-state index in [0.717, 1.165) is 0 Å². The Hall–Kier alpha value is -0.483. The quantitative estimate of drug-likeness (QED) is 0.169. The lowest BCUT2D eigenvalue weighted by atomic mass is 10.2. The van der Waals surface area contributed by atoms with E-state index in [1.165, 1.54) is 6.26 Å². The van der Waals surface area contributed by atoms with Gasteiger partial charge >= 0.3 is 0 Å². The summed E-state index contributed by atoms with van der Waals surface area (Å²) in [5.74, 6) is 0. The van der Waals surface area contributed by atoms with Crippen LogP contribution in [0.3, 0.4) is 0 Å². The van der Waals surface area contributed by atoms with E-state index >= 15 is 0 Å². The highest BCUT2D eigenvalue weighted by atomic mass is 28.4. The summed E-state index contributed by atoms with van der Waals surface area (Å²) < 4.78 is 38.1. The third-order valence-electron chi connectivity index (χ3n) is 4.45. The summed E-state index contributed by atoms with van der Waals surface area (Å²) in [6.07, 6.45) is 1.40. The number of hydrogen-bond donors (Lipinski definition) is 0. The zero-order valence-corrected chi connectivity index (χ0v) is 19.6. The van der Waals surface area contributed by atoms with Gasteiger partial charge in [-0.05, 0) is 18.1 Å². The summed E-state index contributed by atoms with van der Waals surface area (Å²) in [4.78, 5) is 0. The van der Waals surface area contributed by atoms with Crippen LogP contribution in [0.4, 0.5) is 0 Å². The van der Waals surface area contributed by atoms with Gasteiger partial charge in [-0.1, -0.05) is 27.4 Å². The third kappa shape index (κ3) is 16.5. The molecular formula is C20H42O7Si. The largest absolute Gasteiger partial charge is 0.499 e. The van der Waals surface area contributed by atoms with Gasteiger partial charge in [-0.3, -0.25) is 0 Å². The predicted molar refractivity (Wildman–Crippen MR) is 113 cm³/mol. The number of hydrogen-bond acceptors (Lipinski definition) is 7. The van der Waals surface area contributed by atoms with Crippen molar-refractivity contribution in [3.63, 3.8) is 0 Å². The molecule has 168 valence electrons. The average molecular weight is 423 g/mol. The lowest BCUT2D eigenvalue weighted by Crippen LogP contribution is -2.41. The van der Waals surface area contributed by atoms with Crippen molar-refractivity contribution in [2.75, 3.05) is 79.3 Å². The van der Waals surface area contributed by atoms with Crippen molar-refractivity contribution in [3.05, 3.63) is 12.8 Å². The van der Waals surface area contributed by atoms with E-state index < -0.39 is 8.32 Å². The molecule has 0 aromatic heterocycles. The minimum atomic E-state index is -1.67. The molecule has 0 heterocycles. The first-order valence-electron chi connectivity index (χ1n) is 10.1. The van der Waals surface area contributed by atoms with Crippen LogP contribution in [0, 0.1) is 0 Å². The van der Waals surface area contributed by atoms with Crippen LogP contribution in [0.5, 0.6) is 0 Å². The van der Waals surface area contributed by atoms with Crippen molar-refractivity contribution in [2.45, 2.75) is 38.9 Å². The molecule has 0 aromatic rings. The molecule has 0 rings (SSSR count). The molecule has 0 saturated carbocycles. The summed E-state index contributed by atoms with van der Waals surface area (Å²) in [7, 11) is -1.67. The highest BCUT2D eigenvalue weighted by molar-refractivity contribution is 6.74. The maximum Gasteiger partial charge on any atom is 0.192 e. The second-order valence-electron chi connectivity index (χ2n) is 7.71. The van der Waals surface area contributed by atoms with Gasteiger partial charge in [-0.25, -0.2) is 0 Å². The normalized spacial score (nSPS) is 12.3.